The fourth-order valence-corrected chi connectivity index (χ4v) is 11.2. The van der Waals surface area contributed by atoms with Crippen LogP contribution in [0.4, 0.5) is 0 Å². The maximum Gasteiger partial charge on any atom is 0.140 e. The van der Waals surface area contributed by atoms with E-state index < -0.39 is 0 Å². The molecule has 0 aromatic heterocycles. The standard InChI is InChI=1S/C34H44B22/c35-13-3(8-9(19(41)29(51)28(50)18(8)40)10-12(13)23(45)31(53)30(52)20(10)42)1-4-6(16(38)26(48)24(46)14(4)36)2(7-5(1)15(37)25(47)27(49)17(7)39)11-21(43)32(54)34(56)33(55)22(11)44/h35-56H2. The lowest BCUT2D eigenvalue weighted by Gasteiger charge is -2.32. The second-order valence-electron chi connectivity index (χ2n) is 18.2. The molecule has 0 heterocycles. The predicted molar refractivity (Wildman–Crippen MR) is 327 cm³/mol. The van der Waals surface area contributed by atoms with Gasteiger partial charge in [0, 0.05) is 0 Å². The molecule has 0 nitrogen and oxygen atoms in total. The van der Waals surface area contributed by atoms with Crippen molar-refractivity contribution < 1.29 is 0 Å². The largest absolute Gasteiger partial charge is 0.140 e. The van der Waals surface area contributed by atoms with Gasteiger partial charge in [0.15, 0.2) is 0 Å². The molecule has 0 atom stereocenters. The Labute approximate surface area is 356 Å². The van der Waals surface area contributed by atoms with Gasteiger partial charge >= 0.3 is 0 Å². The average Bonchev–Trinajstić information content (AvgIpc) is 3.17. The zero-order chi connectivity index (χ0) is 41.6. The van der Waals surface area contributed by atoms with Crippen LogP contribution in [-0.4, -0.2) is 173 Å². The molecular weight excluding hydrogens is 646 g/mol. The van der Waals surface area contributed by atoms with Crippen LogP contribution >= 0.6 is 0 Å². The first kappa shape index (κ1) is 41.2. The molecule has 22 heteroatoms. The molecule has 7 rings (SSSR count). The van der Waals surface area contributed by atoms with Crippen molar-refractivity contribution >= 4 is 336 Å². The van der Waals surface area contributed by atoms with E-state index in [2.05, 4.69) is 173 Å². The maximum atomic E-state index is 2.46. The second-order valence-corrected chi connectivity index (χ2v) is 18.2. The van der Waals surface area contributed by atoms with Crippen LogP contribution < -0.4 is 120 Å². The minimum atomic E-state index is 1.41. The van der Waals surface area contributed by atoms with Crippen LogP contribution in [0.5, 0.6) is 0 Å². The van der Waals surface area contributed by atoms with E-state index in [4.69, 9.17) is 0 Å². The number of rotatable bonds is 2. The number of benzene rings is 7. The summed E-state index contributed by atoms with van der Waals surface area (Å²) in [6, 6.07) is 0. The minimum Gasteiger partial charge on any atom is -0.102 e. The fraction of sp³-hybridized carbons (Fsp3) is 0. The Morgan fingerprint density at radius 1 is 0.107 bits per heavy atom. The van der Waals surface area contributed by atoms with E-state index in [-0.39, 0.29) is 0 Å². The first-order chi connectivity index (χ1) is 26.0. The summed E-state index contributed by atoms with van der Waals surface area (Å²) in [6.45, 7) is 0. The van der Waals surface area contributed by atoms with Crippen molar-refractivity contribution in [3.63, 3.8) is 0 Å². The van der Waals surface area contributed by atoms with Gasteiger partial charge in [-0.2, -0.15) is 0 Å². The molecule has 0 radical (unpaired) electrons. The van der Waals surface area contributed by atoms with Crippen molar-refractivity contribution in [3.8, 4) is 22.3 Å². The highest BCUT2D eigenvalue weighted by atomic mass is 14.3. The van der Waals surface area contributed by atoms with Gasteiger partial charge in [0.05, 0.1) is 0 Å². The highest BCUT2D eigenvalue weighted by molar-refractivity contribution is 6.77. The van der Waals surface area contributed by atoms with Gasteiger partial charge in [-0.05, 0) is 65.3 Å². The molecule has 0 amide bonds. The average molecular weight is 691 g/mol. The van der Waals surface area contributed by atoms with Crippen LogP contribution in [0.2, 0.25) is 0 Å². The van der Waals surface area contributed by atoms with Gasteiger partial charge in [0.25, 0.3) is 0 Å². The Bertz CT molecular complexity index is 2930. The van der Waals surface area contributed by atoms with Gasteiger partial charge < -0.3 is 0 Å². The summed E-state index contributed by atoms with van der Waals surface area (Å²) >= 11 is 0. The Kier molecular flexibility index (Phi) is 10.2. The molecule has 0 aliphatic rings. The summed E-state index contributed by atoms with van der Waals surface area (Å²) in [5.41, 5.74) is 36.8. The molecule has 0 spiro atoms. The molecule has 0 aliphatic heterocycles. The molecule has 0 N–H and O–H groups in total. The van der Waals surface area contributed by atoms with E-state index in [1.165, 1.54) is 186 Å². The Morgan fingerprint density at radius 2 is 0.286 bits per heavy atom. The van der Waals surface area contributed by atoms with Crippen LogP contribution in [0.15, 0.2) is 0 Å². The molecular formula is C34H44B22. The minimum absolute atomic E-state index is 1.41. The lowest BCUT2D eigenvalue weighted by Crippen LogP contribution is -2.55. The topological polar surface area (TPSA) is 0 Å². The molecule has 7 aromatic carbocycles. The van der Waals surface area contributed by atoms with Gasteiger partial charge in [-0.15, -0.1) is 60.1 Å². The first-order valence-electron chi connectivity index (χ1n) is 21.0. The van der Waals surface area contributed by atoms with Gasteiger partial charge in [-0.3, -0.25) is 0 Å². The molecule has 56 heavy (non-hydrogen) atoms. The van der Waals surface area contributed by atoms with E-state index in [1.54, 1.807) is 0 Å². The predicted octanol–water partition coefficient (Wildman–Crippen LogP) is -28.7. The molecule has 0 saturated carbocycles. The van der Waals surface area contributed by atoms with Crippen LogP contribution in [0.1, 0.15) is 0 Å². The number of hydrogen-bond acceptors (Lipinski definition) is 0. The number of fused-ring (bicyclic) bond motifs is 5. The van der Waals surface area contributed by atoms with Crippen LogP contribution in [-0.2, 0) is 0 Å². The van der Waals surface area contributed by atoms with Gasteiger partial charge in [-0.25, -0.2) is 0 Å². The highest BCUT2D eigenvalue weighted by Gasteiger charge is 2.30. The summed E-state index contributed by atoms with van der Waals surface area (Å²) in [5.74, 6) is 0. The van der Waals surface area contributed by atoms with Crippen molar-refractivity contribution in [1.82, 2.24) is 0 Å². The maximum absolute atomic E-state index is 2.46. The summed E-state index contributed by atoms with van der Waals surface area (Å²) in [4.78, 5) is 0. The van der Waals surface area contributed by atoms with Gasteiger partial charge in [0.2, 0.25) is 0 Å². The third-order valence-electron chi connectivity index (χ3n) is 16.5. The quantitative estimate of drug-likeness (QED) is 0.0962. The van der Waals surface area contributed by atoms with Crippen molar-refractivity contribution in [2.24, 2.45) is 0 Å². The molecule has 246 valence electrons. The molecule has 7 aromatic rings. The van der Waals surface area contributed by atoms with E-state index in [9.17, 15) is 0 Å². The summed E-state index contributed by atoms with van der Waals surface area (Å²) in [7, 11) is 52.3. The Hall–Kier alpha value is -2.99. The normalized spacial score (nSPS) is 11.7. The molecule has 0 unspecified atom stereocenters. The second kappa shape index (κ2) is 13.8. The van der Waals surface area contributed by atoms with Crippen LogP contribution in [0, 0.1) is 0 Å². The highest BCUT2D eigenvalue weighted by Crippen LogP contribution is 2.41. The molecule has 0 fully saturated rings. The lowest BCUT2D eigenvalue weighted by atomic mass is 9.55. The van der Waals surface area contributed by atoms with Crippen LogP contribution in [0.3, 0.4) is 0 Å². The van der Waals surface area contributed by atoms with E-state index in [1.807, 2.05) is 0 Å². The number of hydrogen-bond donors (Lipinski definition) is 0. The third-order valence-corrected chi connectivity index (χ3v) is 16.5. The van der Waals surface area contributed by atoms with E-state index in [0.29, 0.717) is 0 Å². The molecule has 0 bridgehead atoms. The lowest BCUT2D eigenvalue weighted by molar-refractivity contribution is 1.86. The van der Waals surface area contributed by atoms with Crippen LogP contribution in [0.25, 0.3) is 65.3 Å². The molecule has 0 aliphatic carbocycles. The van der Waals surface area contributed by atoms with E-state index >= 15 is 0 Å². The smallest absolute Gasteiger partial charge is 0.102 e. The monoisotopic (exact) mass is 695 g/mol. The van der Waals surface area contributed by atoms with Gasteiger partial charge in [-0.1, -0.05) is 60.1 Å². The zero-order valence-electron chi connectivity index (χ0n) is 39.0. The fourth-order valence-electron chi connectivity index (χ4n) is 11.2. The van der Waals surface area contributed by atoms with Crippen molar-refractivity contribution in [2.75, 3.05) is 0 Å². The SMILES string of the molecule is Bc1c(B)c(B)c(-c2c3c(B)c(B)c(B)c(B)c3c(-c3c(B)c4c(B)c(B)c(B)c(B)c4c4c(B)c(B)c(B)c(B)c34)c3c(B)c(B)c(B)c(B)c23)c(B)c1B. The van der Waals surface area contributed by atoms with Gasteiger partial charge in [0.1, 0.15) is 173 Å². The first-order valence-corrected chi connectivity index (χ1v) is 21.0. The van der Waals surface area contributed by atoms with E-state index in [0.717, 1.165) is 0 Å². The Morgan fingerprint density at radius 3 is 0.589 bits per heavy atom. The third kappa shape index (κ3) is 5.17. The summed E-state index contributed by atoms with van der Waals surface area (Å²) in [6.07, 6.45) is 0. The summed E-state index contributed by atoms with van der Waals surface area (Å²) in [5, 5.41) is 11.5. The molecule has 0 saturated heterocycles. The van der Waals surface area contributed by atoms with Crippen molar-refractivity contribution in [1.29, 1.82) is 0 Å². The van der Waals surface area contributed by atoms with Crippen molar-refractivity contribution in [2.45, 2.75) is 0 Å². The zero-order valence-corrected chi connectivity index (χ0v) is 39.0. The van der Waals surface area contributed by atoms with Crippen molar-refractivity contribution in [3.05, 3.63) is 0 Å². The Balaban J connectivity index is 2.01. The summed E-state index contributed by atoms with van der Waals surface area (Å²) < 4.78 is 0.